The molecule has 0 radical (unpaired) electrons. The highest BCUT2D eigenvalue weighted by atomic mass is 19.1. The molecule has 4 nitrogen and oxygen atoms in total. The molecule has 0 bridgehead atoms. The van der Waals surface area contributed by atoms with Crippen LogP contribution in [0.1, 0.15) is 27.8 Å². The maximum Gasteiger partial charge on any atom is 0.282 e. The first-order valence-electron chi connectivity index (χ1n) is 10.7. The monoisotopic (exact) mass is 426 g/mol. The van der Waals surface area contributed by atoms with Gasteiger partial charge in [-0.2, -0.15) is 0 Å². The van der Waals surface area contributed by atoms with Crippen molar-refractivity contribution in [1.29, 1.82) is 0 Å². The fraction of sp³-hybridized carbons (Fsp3) is 0.185. The summed E-state index contributed by atoms with van der Waals surface area (Å²) in [6.07, 6.45) is 0.793. The van der Waals surface area contributed by atoms with Crippen molar-refractivity contribution < 1.29 is 14.0 Å². The number of fused-ring (bicyclic) bond motifs is 1. The van der Waals surface area contributed by atoms with E-state index in [1.807, 2.05) is 49.1 Å². The molecule has 2 aliphatic rings. The normalized spacial score (nSPS) is 16.1. The summed E-state index contributed by atoms with van der Waals surface area (Å²) in [6.45, 7) is 5.01. The molecule has 5 rings (SSSR count). The maximum atomic E-state index is 13.8. The van der Waals surface area contributed by atoms with Crippen molar-refractivity contribution in [3.05, 3.63) is 106 Å². The number of carbonyl (C=O) groups excluding carboxylic acids is 2. The molecular weight excluding hydrogens is 403 g/mol. The number of hydrogen-bond donors (Lipinski definition) is 0. The average molecular weight is 426 g/mol. The zero-order chi connectivity index (χ0) is 22.4. The highest BCUT2D eigenvalue weighted by molar-refractivity contribution is 6.45. The van der Waals surface area contributed by atoms with E-state index in [9.17, 15) is 14.0 Å². The third-order valence-electron chi connectivity index (χ3n) is 6.24. The lowest BCUT2D eigenvalue weighted by atomic mass is 9.98. The Morgan fingerprint density at radius 3 is 2.31 bits per heavy atom. The van der Waals surface area contributed by atoms with Crippen LogP contribution in [0, 0.1) is 19.7 Å². The quantitative estimate of drug-likeness (QED) is 0.566. The Balaban J connectivity index is 1.64. The molecule has 0 saturated heterocycles. The fourth-order valence-electron chi connectivity index (χ4n) is 4.55. The lowest BCUT2D eigenvalue weighted by Crippen LogP contribution is -2.37. The minimum atomic E-state index is -0.383. The molecule has 32 heavy (non-hydrogen) atoms. The average Bonchev–Trinajstić information content (AvgIpc) is 3.05. The van der Waals surface area contributed by atoms with E-state index in [4.69, 9.17) is 0 Å². The second-order valence-electron chi connectivity index (χ2n) is 8.41. The molecule has 0 fully saturated rings. The van der Waals surface area contributed by atoms with Crippen LogP contribution in [0.4, 0.5) is 10.1 Å². The van der Waals surface area contributed by atoms with Crippen LogP contribution in [0.3, 0.4) is 0 Å². The van der Waals surface area contributed by atoms with E-state index < -0.39 is 0 Å². The van der Waals surface area contributed by atoms with Gasteiger partial charge in [0.15, 0.2) is 0 Å². The van der Waals surface area contributed by atoms with Gasteiger partial charge in [0, 0.05) is 13.1 Å². The van der Waals surface area contributed by atoms with E-state index in [2.05, 4.69) is 12.1 Å². The van der Waals surface area contributed by atoms with Crippen molar-refractivity contribution in [2.75, 3.05) is 11.4 Å². The minimum absolute atomic E-state index is 0.329. The van der Waals surface area contributed by atoms with Crippen molar-refractivity contribution in [2.45, 2.75) is 26.8 Å². The van der Waals surface area contributed by atoms with Crippen molar-refractivity contribution in [3.63, 3.8) is 0 Å². The number of halogens is 1. The number of amides is 2. The van der Waals surface area contributed by atoms with Gasteiger partial charge in [-0.05, 0) is 66.3 Å². The minimum Gasteiger partial charge on any atom is -0.362 e. The summed E-state index contributed by atoms with van der Waals surface area (Å²) in [6, 6.07) is 19.7. The Morgan fingerprint density at radius 2 is 1.56 bits per heavy atom. The summed E-state index contributed by atoms with van der Waals surface area (Å²) in [5.41, 5.74) is 6.08. The second kappa shape index (κ2) is 7.75. The van der Waals surface area contributed by atoms with Gasteiger partial charge in [0.2, 0.25) is 0 Å². The maximum absolute atomic E-state index is 13.8. The number of anilines is 1. The Morgan fingerprint density at radius 1 is 0.844 bits per heavy atom. The second-order valence-corrected chi connectivity index (χ2v) is 8.41. The molecule has 2 amide bonds. The molecule has 3 aromatic rings. The van der Waals surface area contributed by atoms with E-state index >= 15 is 0 Å². The van der Waals surface area contributed by atoms with E-state index in [1.54, 1.807) is 12.1 Å². The third-order valence-corrected chi connectivity index (χ3v) is 6.24. The van der Waals surface area contributed by atoms with Gasteiger partial charge < -0.3 is 4.90 Å². The molecule has 160 valence electrons. The molecule has 0 spiro atoms. The first-order chi connectivity index (χ1) is 15.4. The van der Waals surface area contributed by atoms with Crippen molar-refractivity contribution in [3.8, 4) is 0 Å². The molecule has 5 heteroatoms. The topological polar surface area (TPSA) is 40.6 Å². The summed E-state index contributed by atoms with van der Waals surface area (Å²) in [4.78, 5) is 30.7. The van der Waals surface area contributed by atoms with Crippen LogP contribution in [0.2, 0.25) is 0 Å². The van der Waals surface area contributed by atoms with Crippen LogP contribution in [-0.2, 0) is 22.6 Å². The number of nitrogens with zero attached hydrogens (tertiary/aromatic N) is 2. The van der Waals surface area contributed by atoms with Crippen LogP contribution in [0.15, 0.2) is 72.4 Å². The van der Waals surface area contributed by atoms with Gasteiger partial charge in [0.25, 0.3) is 11.8 Å². The van der Waals surface area contributed by atoms with E-state index in [1.165, 1.54) is 22.6 Å². The van der Waals surface area contributed by atoms with Gasteiger partial charge in [-0.1, -0.05) is 48.5 Å². The largest absolute Gasteiger partial charge is 0.362 e. The Labute approximate surface area is 186 Å². The Bertz CT molecular complexity index is 1280. The van der Waals surface area contributed by atoms with Crippen molar-refractivity contribution in [2.24, 2.45) is 0 Å². The SMILES string of the molecule is Cc1ccc(C)c(N2C(=O)C(c3ccc(F)cc3)=C(N3CCc4ccccc4C3)C2=O)c1. The van der Waals surface area contributed by atoms with Crippen LogP contribution in [0.25, 0.3) is 5.57 Å². The van der Waals surface area contributed by atoms with E-state index in [-0.39, 0.29) is 17.6 Å². The van der Waals surface area contributed by atoms with E-state index in [0.717, 1.165) is 23.1 Å². The number of hydrogen-bond acceptors (Lipinski definition) is 3. The number of imide groups is 1. The van der Waals surface area contributed by atoms with E-state index in [0.29, 0.717) is 35.6 Å². The molecule has 0 aromatic heterocycles. The number of rotatable bonds is 3. The van der Waals surface area contributed by atoms with Crippen LogP contribution < -0.4 is 4.90 Å². The Kier molecular flexibility index (Phi) is 4.89. The lowest BCUT2D eigenvalue weighted by molar-refractivity contribution is -0.120. The fourth-order valence-corrected chi connectivity index (χ4v) is 4.55. The number of benzene rings is 3. The van der Waals surface area contributed by atoms with Crippen LogP contribution >= 0.6 is 0 Å². The lowest BCUT2D eigenvalue weighted by Gasteiger charge is -2.31. The highest BCUT2D eigenvalue weighted by Crippen LogP contribution is 2.38. The number of carbonyl (C=O) groups is 2. The predicted octanol–water partition coefficient (Wildman–Crippen LogP) is 4.79. The number of aryl methyl sites for hydroxylation is 2. The van der Waals surface area contributed by atoms with Crippen molar-refractivity contribution in [1.82, 2.24) is 4.90 Å². The summed E-state index contributed by atoms with van der Waals surface area (Å²) in [5, 5.41) is 0. The van der Waals surface area contributed by atoms with Gasteiger partial charge in [0.05, 0.1) is 11.3 Å². The molecule has 3 aromatic carbocycles. The molecule has 2 aliphatic heterocycles. The summed E-state index contributed by atoms with van der Waals surface area (Å²) >= 11 is 0. The molecule has 0 saturated carbocycles. The first kappa shape index (κ1) is 20.2. The van der Waals surface area contributed by atoms with Crippen molar-refractivity contribution >= 4 is 23.1 Å². The zero-order valence-electron chi connectivity index (χ0n) is 18.1. The van der Waals surface area contributed by atoms with Crippen LogP contribution in [0.5, 0.6) is 0 Å². The third kappa shape index (κ3) is 3.30. The molecule has 0 atom stereocenters. The van der Waals surface area contributed by atoms with Gasteiger partial charge >= 0.3 is 0 Å². The summed E-state index contributed by atoms with van der Waals surface area (Å²) < 4.78 is 13.6. The van der Waals surface area contributed by atoms with Gasteiger partial charge in [-0.15, -0.1) is 0 Å². The Hall–Kier alpha value is -3.73. The standard InChI is InChI=1S/C27H23FN2O2/c1-17-7-8-18(2)23(15-17)30-26(31)24(20-9-11-22(28)12-10-20)25(27(30)32)29-14-13-19-5-3-4-6-21(19)16-29/h3-12,15H,13-14,16H2,1-2H3. The summed E-state index contributed by atoms with van der Waals surface area (Å²) in [7, 11) is 0. The van der Waals surface area contributed by atoms with Gasteiger partial charge in [-0.3, -0.25) is 9.59 Å². The predicted molar refractivity (Wildman–Crippen MR) is 122 cm³/mol. The van der Waals surface area contributed by atoms with Gasteiger partial charge in [-0.25, -0.2) is 9.29 Å². The first-order valence-corrected chi connectivity index (χ1v) is 10.7. The smallest absolute Gasteiger partial charge is 0.282 e. The molecule has 0 N–H and O–H groups in total. The summed E-state index contributed by atoms with van der Waals surface area (Å²) in [5.74, 6) is -1.09. The molecular formula is C27H23FN2O2. The van der Waals surface area contributed by atoms with Gasteiger partial charge in [0.1, 0.15) is 11.5 Å². The molecule has 0 aliphatic carbocycles. The molecule has 0 unspecified atom stereocenters. The highest BCUT2D eigenvalue weighted by Gasteiger charge is 2.43. The van der Waals surface area contributed by atoms with Crippen LogP contribution in [-0.4, -0.2) is 23.3 Å². The molecule has 2 heterocycles. The zero-order valence-corrected chi connectivity index (χ0v) is 18.1.